The molecule has 0 aliphatic rings. The quantitative estimate of drug-likeness (QED) is 0.602. The number of likely N-dealkylation sites (N-methyl/N-ethyl adjacent to an activating group) is 1. The van der Waals surface area contributed by atoms with Gasteiger partial charge >= 0.3 is 0 Å². The van der Waals surface area contributed by atoms with Gasteiger partial charge in [-0.05, 0) is 20.2 Å². The van der Waals surface area contributed by atoms with Gasteiger partial charge in [-0.1, -0.05) is 0 Å². The average Bonchev–Trinajstić information content (AvgIpc) is 2.29. The third-order valence-corrected chi connectivity index (χ3v) is 2.40. The molecule has 0 unspecified atom stereocenters. The number of anilines is 2. The number of carbonyl (C=O) groups excluding carboxylic acids is 1. The van der Waals surface area contributed by atoms with Crippen LogP contribution in [-0.4, -0.2) is 42.9 Å². The molecule has 1 aromatic carbocycles. The number of hydrogen-bond donors (Lipinski definition) is 2. The molecule has 104 valence electrons. The van der Waals surface area contributed by atoms with Gasteiger partial charge in [0, 0.05) is 32.1 Å². The number of hydrogen-bond acceptors (Lipinski definition) is 5. The highest BCUT2D eigenvalue weighted by atomic mass is 16.6. The predicted octanol–water partition coefficient (Wildman–Crippen LogP) is 1.53. The van der Waals surface area contributed by atoms with Gasteiger partial charge in [-0.3, -0.25) is 14.9 Å². The summed E-state index contributed by atoms with van der Waals surface area (Å²) in [6, 6.07) is 4.35. The minimum absolute atomic E-state index is 0.0538. The lowest BCUT2D eigenvalue weighted by Crippen LogP contribution is -2.21. The van der Waals surface area contributed by atoms with Crippen LogP contribution in [-0.2, 0) is 4.79 Å². The van der Waals surface area contributed by atoms with Crippen molar-refractivity contribution in [2.75, 3.05) is 37.8 Å². The van der Waals surface area contributed by atoms with E-state index in [-0.39, 0.29) is 11.6 Å². The van der Waals surface area contributed by atoms with Crippen LogP contribution >= 0.6 is 0 Å². The summed E-state index contributed by atoms with van der Waals surface area (Å²) in [6.07, 6.45) is 0. The number of benzene rings is 1. The van der Waals surface area contributed by atoms with Crippen molar-refractivity contribution in [2.24, 2.45) is 0 Å². The van der Waals surface area contributed by atoms with Crippen LogP contribution in [0, 0.1) is 10.1 Å². The summed E-state index contributed by atoms with van der Waals surface area (Å²) in [4.78, 5) is 23.4. The van der Waals surface area contributed by atoms with Crippen LogP contribution in [0.5, 0.6) is 0 Å². The van der Waals surface area contributed by atoms with Gasteiger partial charge in [-0.15, -0.1) is 0 Å². The zero-order valence-corrected chi connectivity index (χ0v) is 11.3. The largest absolute Gasteiger partial charge is 0.382 e. The summed E-state index contributed by atoms with van der Waals surface area (Å²) >= 11 is 0. The van der Waals surface area contributed by atoms with Gasteiger partial charge in [0.2, 0.25) is 5.91 Å². The number of carbonyl (C=O) groups is 1. The van der Waals surface area contributed by atoms with Crippen molar-refractivity contribution in [3.8, 4) is 0 Å². The lowest BCUT2D eigenvalue weighted by atomic mass is 10.2. The SMILES string of the molecule is CC(=O)Nc1cc([N+](=O)[O-])ccc1NCCN(C)C. The lowest BCUT2D eigenvalue weighted by Gasteiger charge is -2.14. The molecule has 0 heterocycles. The van der Waals surface area contributed by atoms with Crippen molar-refractivity contribution < 1.29 is 9.72 Å². The molecule has 0 spiro atoms. The van der Waals surface area contributed by atoms with Crippen molar-refractivity contribution in [2.45, 2.75) is 6.92 Å². The Morgan fingerprint density at radius 1 is 1.37 bits per heavy atom. The summed E-state index contributed by atoms with van der Waals surface area (Å²) < 4.78 is 0. The zero-order chi connectivity index (χ0) is 14.4. The molecule has 2 N–H and O–H groups in total. The van der Waals surface area contributed by atoms with E-state index >= 15 is 0 Å². The van der Waals surface area contributed by atoms with Crippen molar-refractivity contribution in [3.63, 3.8) is 0 Å². The van der Waals surface area contributed by atoms with Crippen LogP contribution in [0.25, 0.3) is 0 Å². The van der Waals surface area contributed by atoms with Gasteiger partial charge in [0.1, 0.15) is 0 Å². The highest BCUT2D eigenvalue weighted by Gasteiger charge is 2.11. The third kappa shape index (κ3) is 4.92. The molecule has 0 fully saturated rings. The molecule has 0 aliphatic carbocycles. The van der Waals surface area contributed by atoms with Crippen molar-refractivity contribution in [1.82, 2.24) is 4.90 Å². The van der Waals surface area contributed by atoms with Crippen LogP contribution < -0.4 is 10.6 Å². The summed E-state index contributed by atoms with van der Waals surface area (Å²) in [6.45, 7) is 2.86. The van der Waals surface area contributed by atoms with Gasteiger partial charge in [0.25, 0.3) is 5.69 Å². The maximum Gasteiger partial charge on any atom is 0.271 e. The van der Waals surface area contributed by atoms with Crippen molar-refractivity contribution in [3.05, 3.63) is 28.3 Å². The Hall–Kier alpha value is -2.15. The minimum Gasteiger partial charge on any atom is -0.382 e. The third-order valence-electron chi connectivity index (χ3n) is 2.40. The summed E-state index contributed by atoms with van der Waals surface area (Å²) in [5.41, 5.74) is 1.03. The van der Waals surface area contributed by atoms with Crippen molar-refractivity contribution >= 4 is 23.0 Å². The van der Waals surface area contributed by atoms with Gasteiger partial charge in [-0.2, -0.15) is 0 Å². The first-order valence-corrected chi connectivity index (χ1v) is 5.85. The molecule has 19 heavy (non-hydrogen) atoms. The Morgan fingerprint density at radius 3 is 2.58 bits per heavy atom. The Bertz CT molecular complexity index is 474. The molecule has 1 amide bonds. The van der Waals surface area contributed by atoms with Gasteiger partial charge in [0.05, 0.1) is 16.3 Å². The monoisotopic (exact) mass is 266 g/mol. The maximum atomic E-state index is 11.1. The second-order valence-corrected chi connectivity index (χ2v) is 4.40. The first-order valence-electron chi connectivity index (χ1n) is 5.85. The molecule has 0 saturated carbocycles. The van der Waals surface area contributed by atoms with Crippen molar-refractivity contribution in [1.29, 1.82) is 0 Å². The number of nitrogens with zero attached hydrogens (tertiary/aromatic N) is 2. The fourth-order valence-electron chi connectivity index (χ4n) is 1.51. The molecule has 7 heteroatoms. The Balaban J connectivity index is 2.88. The van der Waals surface area contributed by atoms with Crippen LogP contribution in [0.15, 0.2) is 18.2 Å². The van der Waals surface area contributed by atoms with E-state index in [0.29, 0.717) is 17.9 Å². The first kappa shape index (κ1) is 14.9. The smallest absolute Gasteiger partial charge is 0.271 e. The van der Waals surface area contributed by atoms with Crippen LogP contribution in [0.1, 0.15) is 6.92 Å². The Labute approximate surface area is 111 Å². The highest BCUT2D eigenvalue weighted by molar-refractivity contribution is 5.93. The molecule has 0 aliphatic heterocycles. The van der Waals surface area contributed by atoms with Gasteiger partial charge < -0.3 is 15.5 Å². The molecule has 1 rings (SSSR count). The van der Waals surface area contributed by atoms with E-state index in [9.17, 15) is 14.9 Å². The molecule has 0 saturated heterocycles. The van der Waals surface area contributed by atoms with E-state index in [1.807, 2.05) is 19.0 Å². The highest BCUT2D eigenvalue weighted by Crippen LogP contribution is 2.26. The Morgan fingerprint density at radius 2 is 2.05 bits per heavy atom. The number of amides is 1. The van der Waals surface area contributed by atoms with Crippen LogP contribution in [0.3, 0.4) is 0 Å². The molecule has 7 nitrogen and oxygen atoms in total. The van der Waals surface area contributed by atoms with Crippen LogP contribution in [0.4, 0.5) is 17.1 Å². The summed E-state index contributed by atoms with van der Waals surface area (Å²) in [5, 5.41) is 16.4. The fourth-order valence-corrected chi connectivity index (χ4v) is 1.51. The van der Waals surface area contributed by atoms with E-state index < -0.39 is 4.92 Å². The molecule has 0 bridgehead atoms. The number of nitrogens with one attached hydrogen (secondary N) is 2. The van der Waals surface area contributed by atoms with E-state index in [2.05, 4.69) is 10.6 Å². The van der Waals surface area contributed by atoms with E-state index in [1.54, 1.807) is 6.07 Å². The topological polar surface area (TPSA) is 87.5 Å². The molecular weight excluding hydrogens is 248 g/mol. The first-order chi connectivity index (χ1) is 8.90. The second-order valence-electron chi connectivity index (χ2n) is 4.40. The molecule has 0 aromatic heterocycles. The summed E-state index contributed by atoms with van der Waals surface area (Å²) in [7, 11) is 3.90. The molecular formula is C12H18N4O3. The lowest BCUT2D eigenvalue weighted by molar-refractivity contribution is -0.384. The molecule has 0 atom stereocenters. The van der Waals surface area contributed by atoms with E-state index in [1.165, 1.54) is 19.1 Å². The molecule has 0 radical (unpaired) electrons. The number of nitro benzene ring substituents is 1. The van der Waals surface area contributed by atoms with E-state index in [4.69, 9.17) is 0 Å². The second kappa shape index (κ2) is 6.69. The standard InChI is InChI=1S/C12H18N4O3/c1-9(17)14-12-8-10(16(18)19)4-5-11(12)13-6-7-15(2)3/h4-5,8,13H,6-7H2,1-3H3,(H,14,17). The average molecular weight is 266 g/mol. The van der Waals surface area contributed by atoms with Gasteiger partial charge in [-0.25, -0.2) is 0 Å². The number of rotatable bonds is 6. The fraction of sp³-hybridized carbons (Fsp3) is 0.417. The predicted molar refractivity (Wildman–Crippen MR) is 74.4 cm³/mol. The van der Waals surface area contributed by atoms with Gasteiger partial charge in [0.15, 0.2) is 0 Å². The maximum absolute atomic E-state index is 11.1. The van der Waals surface area contributed by atoms with E-state index in [0.717, 1.165) is 6.54 Å². The molecule has 1 aromatic rings. The summed E-state index contributed by atoms with van der Waals surface area (Å²) in [5.74, 6) is -0.267. The Kier molecular flexibility index (Phi) is 5.25. The number of nitro groups is 1. The minimum atomic E-state index is -0.491. The zero-order valence-electron chi connectivity index (χ0n) is 11.3. The number of non-ortho nitro benzene ring substituents is 1. The van der Waals surface area contributed by atoms with Crippen LogP contribution in [0.2, 0.25) is 0 Å². The normalized spacial score (nSPS) is 10.3.